The predicted octanol–water partition coefficient (Wildman–Crippen LogP) is 2.89. The molecule has 0 aliphatic carbocycles. The number of nitrogens with one attached hydrogen (secondary N) is 2. The van der Waals surface area contributed by atoms with Crippen LogP contribution in [0.15, 0.2) is 29.1 Å². The molecule has 0 saturated heterocycles. The van der Waals surface area contributed by atoms with E-state index in [2.05, 4.69) is 15.4 Å². The summed E-state index contributed by atoms with van der Waals surface area (Å²) in [6.07, 6.45) is -2.88. The number of alkyl halides is 2. The van der Waals surface area contributed by atoms with Crippen LogP contribution in [-0.2, 0) is 11.3 Å². The molecule has 0 radical (unpaired) electrons. The van der Waals surface area contributed by atoms with Gasteiger partial charge in [-0.05, 0) is 19.1 Å². The third-order valence-electron chi connectivity index (χ3n) is 3.68. The molecule has 2 heterocycles. The molecule has 26 heavy (non-hydrogen) atoms. The zero-order valence-corrected chi connectivity index (χ0v) is 13.3. The fourth-order valence-corrected chi connectivity index (χ4v) is 2.62. The number of aryl methyl sites for hydroxylation is 1. The maximum Gasteiger partial charge on any atom is 0.264 e. The van der Waals surface area contributed by atoms with Crippen LogP contribution < -0.4 is 10.9 Å². The summed E-state index contributed by atoms with van der Waals surface area (Å²) in [4.78, 5) is 26.1. The average Bonchev–Trinajstić information content (AvgIpc) is 2.85. The van der Waals surface area contributed by atoms with E-state index in [9.17, 15) is 27.2 Å². The molecule has 3 rings (SSSR count). The maximum absolute atomic E-state index is 13.2. The number of carbonyl (C=O) groups is 1. The Labute approximate surface area is 143 Å². The standard InChI is InChI=1S/C16H12F4N4O2/c1-7-14-9(15(19)20)5-12(25)22-16(14)24(23-7)6-13(26)21-8-2-3-10(17)11(18)4-8/h2-5,15H,6H2,1H3,(H,21,26)(H,22,25). The van der Waals surface area contributed by atoms with Crippen LogP contribution in [0.25, 0.3) is 11.0 Å². The van der Waals surface area contributed by atoms with Gasteiger partial charge < -0.3 is 10.3 Å². The number of halogens is 4. The molecule has 136 valence electrons. The SMILES string of the molecule is Cc1nn(CC(=O)Nc2ccc(F)c(F)c2)c2[nH]c(=O)cc(C(F)F)c12. The van der Waals surface area contributed by atoms with Crippen LogP contribution in [0.3, 0.4) is 0 Å². The predicted molar refractivity (Wildman–Crippen MR) is 85.0 cm³/mol. The molecule has 0 spiro atoms. The van der Waals surface area contributed by atoms with Crippen LogP contribution in [0.4, 0.5) is 23.2 Å². The number of carbonyl (C=O) groups excluding carboxylic acids is 1. The molecule has 0 atom stereocenters. The van der Waals surface area contributed by atoms with E-state index in [4.69, 9.17) is 0 Å². The van der Waals surface area contributed by atoms with Crippen molar-refractivity contribution >= 4 is 22.6 Å². The molecule has 0 unspecified atom stereocenters. The summed E-state index contributed by atoms with van der Waals surface area (Å²) in [5, 5.41) is 6.40. The summed E-state index contributed by atoms with van der Waals surface area (Å²) in [7, 11) is 0. The molecular weight excluding hydrogens is 356 g/mol. The molecule has 0 aliphatic heterocycles. The van der Waals surface area contributed by atoms with E-state index in [1.165, 1.54) is 13.0 Å². The number of rotatable bonds is 4. The molecule has 1 aromatic carbocycles. The highest BCUT2D eigenvalue weighted by Crippen LogP contribution is 2.27. The lowest BCUT2D eigenvalue weighted by atomic mass is 10.1. The summed E-state index contributed by atoms with van der Waals surface area (Å²) >= 11 is 0. The number of fused-ring (bicyclic) bond motifs is 1. The fourth-order valence-electron chi connectivity index (χ4n) is 2.62. The van der Waals surface area contributed by atoms with Crippen LogP contribution >= 0.6 is 0 Å². The van der Waals surface area contributed by atoms with Crippen molar-refractivity contribution in [3.63, 3.8) is 0 Å². The highest BCUT2D eigenvalue weighted by molar-refractivity contribution is 5.92. The van der Waals surface area contributed by atoms with Gasteiger partial charge in [0.05, 0.1) is 5.69 Å². The first-order valence-corrected chi connectivity index (χ1v) is 7.39. The Hall–Kier alpha value is -3.17. The molecule has 6 nitrogen and oxygen atoms in total. The molecule has 0 aliphatic rings. The minimum absolute atomic E-state index is 0.0175. The molecule has 3 aromatic rings. The van der Waals surface area contributed by atoms with Gasteiger partial charge in [-0.2, -0.15) is 5.10 Å². The number of nitrogens with zero attached hydrogens (tertiary/aromatic N) is 2. The third-order valence-corrected chi connectivity index (χ3v) is 3.68. The zero-order valence-electron chi connectivity index (χ0n) is 13.3. The monoisotopic (exact) mass is 368 g/mol. The lowest BCUT2D eigenvalue weighted by Gasteiger charge is -2.07. The number of anilines is 1. The molecule has 0 saturated carbocycles. The fraction of sp³-hybridized carbons (Fsp3) is 0.188. The van der Waals surface area contributed by atoms with Gasteiger partial charge in [-0.1, -0.05) is 0 Å². The Morgan fingerprint density at radius 1 is 1.27 bits per heavy atom. The smallest absolute Gasteiger partial charge is 0.264 e. The van der Waals surface area contributed by atoms with Crippen molar-refractivity contribution in [2.75, 3.05) is 5.32 Å². The quantitative estimate of drug-likeness (QED) is 0.695. The lowest BCUT2D eigenvalue weighted by molar-refractivity contribution is -0.116. The van der Waals surface area contributed by atoms with Crippen molar-refractivity contribution in [1.82, 2.24) is 14.8 Å². The Balaban J connectivity index is 1.92. The molecule has 1 amide bonds. The van der Waals surface area contributed by atoms with Crippen LogP contribution in [0.5, 0.6) is 0 Å². The lowest BCUT2D eigenvalue weighted by Crippen LogP contribution is -2.20. The van der Waals surface area contributed by atoms with Gasteiger partial charge in [-0.25, -0.2) is 22.2 Å². The first-order chi connectivity index (χ1) is 12.3. The van der Waals surface area contributed by atoms with Gasteiger partial charge in [-0.3, -0.25) is 9.59 Å². The first-order valence-electron chi connectivity index (χ1n) is 7.39. The van der Waals surface area contributed by atoms with E-state index in [0.717, 1.165) is 22.9 Å². The molecule has 2 N–H and O–H groups in total. The van der Waals surface area contributed by atoms with Crippen LogP contribution in [0.2, 0.25) is 0 Å². The molecule has 0 fully saturated rings. The Morgan fingerprint density at radius 2 is 2.00 bits per heavy atom. The van der Waals surface area contributed by atoms with Crippen molar-refractivity contribution in [3.05, 3.63) is 57.5 Å². The van der Waals surface area contributed by atoms with E-state index in [1.54, 1.807) is 0 Å². The van der Waals surface area contributed by atoms with E-state index >= 15 is 0 Å². The van der Waals surface area contributed by atoms with Crippen molar-refractivity contribution in [3.8, 4) is 0 Å². The second-order valence-electron chi connectivity index (χ2n) is 5.53. The largest absolute Gasteiger partial charge is 0.324 e. The number of hydrogen-bond donors (Lipinski definition) is 2. The zero-order chi connectivity index (χ0) is 19.0. The molecular formula is C16H12F4N4O2. The van der Waals surface area contributed by atoms with Crippen LogP contribution in [0.1, 0.15) is 17.7 Å². The number of amides is 1. The Bertz CT molecular complexity index is 1060. The van der Waals surface area contributed by atoms with E-state index in [0.29, 0.717) is 0 Å². The second-order valence-corrected chi connectivity index (χ2v) is 5.53. The summed E-state index contributed by atoms with van der Waals surface area (Å²) in [6.45, 7) is 1.04. The Morgan fingerprint density at radius 3 is 2.65 bits per heavy atom. The minimum atomic E-state index is -2.88. The number of benzene rings is 1. The van der Waals surface area contributed by atoms with Gasteiger partial charge in [0, 0.05) is 28.8 Å². The van der Waals surface area contributed by atoms with Gasteiger partial charge in [0.2, 0.25) is 11.5 Å². The van der Waals surface area contributed by atoms with Crippen molar-refractivity contribution in [2.24, 2.45) is 0 Å². The van der Waals surface area contributed by atoms with Gasteiger partial charge in [0.1, 0.15) is 12.2 Å². The first kappa shape index (κ1) is 17.6. The minimum Gasteiger partial charge on any atom is -0.324 e. The summed E-state index contributed by atoms with van der Waals surface area (Å²) in [5.41, 5.74) is -1.02. The topological polar surface area (TPSA) is 79.8 Å². The number of aromatic amines is 1. The van der Waals surface area contributed by atoms with E-state index in [1.807, 2.05) is 0 Å². The summed E-state index contributed by atoms with van der Waals surface area (Å²) in [6, 6.07) is 3.61. The molecule has 2 aromatic heterocycles. The van der Waals surface area contributed by atoms with Crippen LogP contribution in [-0.4, -0.2) is 20.7 Å². The number of H-pyrrole nitrogens is 1. The number of hydrogen-bond acceptors (Lipinski definition) is 3. The third kappa shape index (κ3) is 3.30. The van der Waals surface area contributed by atoms with Crippen molar-refractivity contribution < 1.29 is 22.4 Å². The molecule has 0 bridgehead atoms. The summed E-state index contributed by atoms with van der Waals surface area (Å²) in [5.74, 6) is -2.86. The Kier molecular flexibility index (Phi) is 4.49. The normalized spacial score (nSPS) is 11.3. The van der Waals surface area contributed by atoms with Crippen molar-refractivity contribution in [1.29, 1.82) is 0 Å². The number of pyridine rings is 1. The van der Waals surface area contributed by atoms with Gasteiger partial charge in [0.25, 0.3) is 6.43 Å². The summed E-state index contributed by atoms with van der Waals surface area (Å²) < 4.78 is 53.4. The average molecular weight is 368 g/mol. The maximum atomic E-state index is 13.2. The highest BCUT2D eigenvalue weighted by Gasteiger charge is 2.20. The highest BCUT2D eigenvalue weighted by atomic mass is 19.3. The van der Waals surface area contributed by atoms with Gasteiger partial charge in [-0.15, -0.1) is 0 Å². The van der Waals surface area contributed by atoms with Crippen molar-refractivity contribution in [2.45, 2.75) is 19.9 Å². The number of aromatic nitrogens is 3. The van der Waals surface area contributed by atoms with E-state index in [-0.39, 0.29) is 22.4 Å². The van der Waals surface area contributed by atoms with E-state index < -0.39 is 41.6 Å². The van der Waals surface area contributed by atoms with Gasteiger partial charge in [0.15, 0.2) is 11.6 Å². The van der Waals surface area contributed by atoms with Crippen LogP contribution in [0, 0.1) is 18.6 Å². The second kappa shape index (κ2) is 6.62. The molecule has 10 heteroatoms. The van der Waals surface area contributed by atoms with Gasteiger partial charge >= 0.3 is 0 Å².